The molecule has 0 saturated heterocycles. The number of halogens is 1. The molecule has 2 rings (SSSR count). The summed E-state index contributed by atoms with van der Waals surface area (Å²) >= 11 is 6.01. The first-order valence-corrected chi connectivity index (χ1v) is 6.01. The average molecular weight is 289 g/mol. The molecule has 0 saturated carbocycles. The van der Waals surface area contributed by atoms with Gasteiger partial charge in [-0.15, -0.1) is 0 Å². The quantitative estimate of drug-likeness (QED) is 0.689. The van der Waals surface area contributed by atoms with Crippen LogP contribution in [0.4, 0.5) is 11.5 Å². The molecule has 0 fully saturated rings. The molecule has 0 amide bonds. The summed E-state index contributed by atoms with van der Waals surface area (Å²) in [6, 6.07) is 9.64. The fourth-order valence-corrected chi connectivity index (χ4v) is 1.80. The van der Waals surface area contributed by atoms with E-state index in [0.29, 0.717) is 17.9 Å². The summed E-state index contributed by atoms with van der Waals surface area (Å²) in [7, 11) is 0. The lowest BCUT2D eigenvalue weighted by atomic mass is 10.2. The first-order valence-electron chi connectivity index (χ1n) is 5.63. The summed E-state index contributed by atoms with van der Waals surface area (Å²) in [6.45, 7) is 0.402. The number of hydrogen-bond acceptors (Lipinski definition) is 5. The van der Waals surface area contributed by atoms with Crippen LogP contribution < -0.4 is 5.32 Å². The van der Waals surface area contributed by atoms with Gasteiger partial charge < -0.3 is 5.32 Å². The fraction of sp³-hybridized carbons (Fsp3) is 0.0769. The largest absolute Gasteiger partial charge is 0.365 e. The number of nitrogens with zero attached hydrogens (tertiary/aromatic N) is 3. The molecular formula is C13H9ClN4O2. The second-order valence-electron chi connectivity index (χ2n) is 3.91. The highest BCUT2D eigenvalue weighted by Crippen LogP contribution is 2.23. The maximum atomic E-state index is 10.5. The van der Waals surface area contributed by atoms with Gasteiger partial charge in [0.1, 0.15) is 16.9 Å². The molecule has 2 aromatic rings. The van der Waals surface area contributed by atoms with E-state index in [0.717, 1.165) is 5.56 Å². The molecule has 6 nitrogen and oxygen atoms in total. The zero-order chi connectivity index (χ0) is 14.5. The Morgan fingerprint density at radius 2 is 2.05 bits per heavy atom. The highest BCUT2D eigenvalue weighted by molar-refractivity contribution is 6.34. The first kappa shape index (κ1) is 13.8. The smallest absolute Gasteiger partial charge is 0.269 e. The molecule has 0 unspecified atom stereocenters. The van der Waals surface area contributed by atoms with E-state index in [4.69, 9.17) is 16.9 Å². The Labute approximate surface area is 119 Å². The Bertz CT molecular complexity index is 680. The third-order valence-electron chi connectivity index (χ3n) is 2.62. The van der Waals surface area contributed by atoms with Gasteiger partial charge in [-0.25, -0.2) is 4.98 Å². The van der Waals surface area contributed by atoms with Gasteiger partial charge in [0.25, 0.3) is 5.69 Å². The maximum Gasteiger partial charge on any atom is 0.269 e. The number of benzene rings is 1. The Balaban J connectivity index is 2.09. The predicted molar refractivity (Wildman–Crippen MR) is 74.4 cm³/mol. The monoisotopic (exact) mass is 288 g/mol. The van der Waals surface area contributed by atoms with Gasteiger partial charge in [0.15, 0.2) is 0 Å². The van der Waals surface area contributed by atoms with Crippen molar-refractivity contribution in [3.63, 3.8) is 0 Å². The standard InChI is InChI=1S/C13H9ClN4O2/c14-12-10(7-15)5-6-16-13(12)17-8-9-1-3-11(4-2-9)18(19)20/h1-6H,8H2,(H,16,17). The number of nitrogens with one attached hydrogen (secondary N) is 1. The van der Waals surface area contributed by atoms with Crippen LogP contribution in [0.25, 0.3) is 0 Å². The number of pyridine rings is 1. The minimum atomic E-state index is -0.452. The number of nitro groups is 1. The number of rotatable bonds is 4. The summed E-state index contributed by atoms with van der Waals surface area (Å²) < 4.78 is 0. The summed E-state index contributed by atoms with van der Waals surface area (Å²) in [5.41, 5.74) is 1.22. The number of aromatic nitrogens is 1. The van der Waals surface area contributed by atoms with Crippen LogP contribution in [-0.4, -0.2) is 9.91 Å². The predicted octanol–water partition coefficient (Wildman–Crippen LogP) is 3.13. The van der Waals surface area contributed by atoms with E-state index in [2.05, 4.69) is 10.3 Å². The summed E-state index contributed by atoms with van der Waals surface area (Å²) in [5.74, 6) is 0.407. The molecule has 0 aliphatic heterocycles. The lowest BCUT2D eigenvalue weighted by Crippen LogP contribution is -2.02. The van der Waals surface area contributed by atoms with Gasteiger partial charge in [-0.2, -0.15) is 5.26 Å². The van der Waals surface area contributed by atoms with Crippen molar-refractivity contribution in [1.82, 2.24) is 4.98 Å². The van der Waals surface area contributed by atoms with E-state index in [9.17, 15) is 10.1 Å². The molecule has 1 heterocycles. The van der Waals surface area contributed by atoms with Gasteiger partial charge in [-0.1, -0.05) is 23.7 Å². The van der Waals surface area contributed by atoms with Crippen LogP contribution in [0.2, 0.25) is 5.02 Å². The van der Waals surface area contributed by atoms with Gasteiger partial charge >= 0.3 is 0 Å². The summed E-state index contributed by atoms with van der Waals surface area (Å²) in [5, 5.41) is 22.6. The second-order valence-corrected chi connectivity index (χ2v) is 4.29. The molecule has 1 aromatic heterocycles. The van der Waals surface area contributed by atoms with Gasteiger partial charge in [0.05, 0.1) is 10.5 Å². The van der Waals surface area contributed by atoms with Crippen molar-refractivity contribution >= 4 is 23.1 Å². The number of nitro benzene ring substituents is 1. The summed E-state index contributed by atoms with van der Waals surface area (Å²) in [4.78, 5) is 14.1. The van der Waals surface area contributed by atoms with Crippen LogP contribution in [0.1, 0.15) is 11.1 Å². The first-order chi connectivity index (χ1) is 9.61. The normalized spacial score (nSPS) is 9.80. The lowest BCUT2D eigenvalue weighted by Gasteiger charge is -2.07. The van der Waals surface area contributed by atoms with Crippen LogP contribution in [0, 0.1) is 21.4 Å². The van der Waals surface area contributed by atoms with Crippen molar-refractivity contribution in [3.05, 3.63) is 62.8 Å². The lowest BCUT2D eigenvalue weighted by molar-refractivity contribution is -0.384. The van der Waals surface area contributed by atoms with Crippen LogP contribution >= 0.6 is 11.6 Å². The van der Waals surface area contributed by atoms with E-state index < -0.39 is 4.92 Å². The summed E-state index contributed by atoms with van der Waals surface area (Å²) in [6.07, 6.45) is 1.49. The minimum Gasteiger partial charge on any atom is -0.365 e. The minimum absolute atomic E-state index is 0.0383. The van der Waals surface area contributed by atoms with Crippen molar-refractivity contribution in [2.45, 2.75) is 6.54 Å². The van der Waals surface area contributed by atoms with Crippen molar-refractivity contribution in [3.8, 4) is 6.07 Å². The topological polar surface area (TPSA) is 91.8 Å². The van der Waals surface area contributed by atoms with Gasteiger partial charge in [0, 0.05) is 24.9 Å². The van der Waals surface area contributed by atoms with E-state index >= 15 is 0 Å². The number of nitriles is 1. The van der Waals surface area contributed by atoms with E-state index in [1.54, 1.807) is 12.1 Å². The molecule has 0 aliphatic rings. The van der Waals surface area contributed by atoms with Crippen molar-refractivity contribution < 1.29 is 4.92 Å². The maximum absolute atomic E-state index is 10.5. The van der Waals surface area contributed by atoms with Gasteiger partial charge in [-0.3, -0.25) is 10.1 Å². The molecule has 0 atom stereocenters. The molecule has 0 spiro atoms. The Kier molecular flexibility index (Phi) is 4.13. The fourth-order valence-electron chi connectivity index (χ4n) is 1.57. The van der Waals surface area contributed by atoms with Crippen LogP contribution in [0.15, 0.2) is 36.5 Å². The molecule has 1 N–H and O–H groups in total. The zero-order valence-corrected chi connectivity index (χ0v) is 11.0. The number of non-ortho nitro benzene ring substituents is 1. The number of anilines is 1. The van der Waals surface area contributed by atoms with Crippen LogP contribution in [0.3, 0.4) is 0 Å². The highest BCUT2D eigenvalue weighted by Gasteiger charge is 2.07. The molecule has 0 radical (unpaired) electrons. The SMILES string of the molecule is N#Cc1ccnc(NCc2ccc([N+](=O)[O-])cc2)c1Cl. The van der Waals surface area contributed by atoms with Crippen molar-refractivity contribution in [1.29, 1.82) is 5.26 Å². The average Bonchev–Trinajstić information content (AvgIpc) is 2.46. The molecular weight excluding hydrogens is 280 g/mol. The molecule has 0 bridgehead atoms. The Hall–Kier alpha value is -2.65. The van der Waals surface area contributed by atoms with Crippen LogP contribution in [0.5, 0.6) is 0 Å². The third-order valence-corrected chi connectivity index (χ3v) is 3.00. The Morgan fingerprint density at radius 1 is 1.35 bits per heavy atom. The molecule has 1 aromatic carbocycles. The molecule has 20 heavy (non-hydrogen) atoms. The molecule has 7 heteroatoms. The second kappa shape index (κ2) is 5.99. The van der Waals surface area contributed by atoms with E-state index in [1.165, 1.54) is 24.4 Å². The molecule has 100 valence electrons. The third kappa shape index (κ3) is 3.02. The van der Waals surface area contributed by atoms with E-state index in [-0.39, 0.29) is 10.7 Å². The zero-order valence-electron chi connectivity index (χ0n) is 10.2. The molecule has 0 aliphatic carbocycles. The highest BCUT2D eigenvalue weighted by atomic mass is 35.5. The van der Waals surface area contributed by atoms with Gasteiger partial charge in [0.2, 0.25) is 0 Å². The van der Waals surface area contributed by atoms with Crippen LogP contribution in [-0.2, 0) is 6.54 Å². The van der Waals surface area contributed by atoms with Gasteiger partial charge in [-0.05, 0) is 11.6 Å². The van der Waals surface area contributed by atoms with E-state index in [1.807, 2.05) is 6.07 Å². The van der Waals surface area contributed by atoms with Crippen molar-refractivity contribution in [2.75, 3.05) is 5.32 Å². The Morgan fingerprint density at radius 3 is 2.65 bits per heavy atom. The van der Waals surface area contributed by atoms with Crippen molar-refractivity contribution in [2.24, 2.45) is 0 Å². The number of hydrogen-bond donors (Lipinski definition) is 1.